The van der Waals surface area contributed by atoms with Gasteiger partial charge in [-0.15, -0.1) is 0 Å². The molecule has 0 aliphatic heterocycles. The zero-order valence-corrected chi connectivity index (χ0v) is 11.2. The Kier molecular flexibility index (Phi) is 2.53. The quantitative estimate of drug-likeness (QED) is 0.814. The van der Waals surface area contributed by atoms with Gasteiger partial charge in [0.1, 0.15) is 5.82 Å². The normalized spacial score (nSPS) is 21.9. The molecule has 19 heavy (non-hydrogen) atoms. The van der Waals surface area contributed by atoms with E-state index in [1.54, 1.807) is 0 Å². The third-order valence-corrected chi connectivity index (χ3v) is 4.60. The Morgan fingerprint density at radius 3 is 2.47 bits per heavy atom. The number of fused-ring (bicyclic) bond motifs is 1. The molecule has 0 spiro atoms. The van der Waals surface area contributed by atoms with Crippen LogP contribution >= 0.6 is 0 Å². The molecule has 0 saturated heterocycles. The summed E-state index contributed by atoms with van der Waals surface area (Å²) in [5, 5.41) is 13.3. The lowest BCUT2D eigenvalue weighted by atomic mass is 10.1. The second kappa shape index (κ2) is 4.25. The Morgan fingerprint density at radius 1 is 1.05 bits per heavy atom. The predicted molar refractivity (Wildman–Crippen MR) is 75.0 cm³/mol. The third-order valence-electron chi connectivity index (χ3n) is 4.60. The molecular formula is C14H21N5. The van der Waals surface area contributed by atoms with Gasteiger partial charge >= 0.3 is 0 Å². The minimum Gasteiger partial charge on any atom is -0.383 e. The lowest BCUT2D eigenvalue weighted by molar-refractivity contribution is 0.411. The standard InChI is InChI=1S/C14H21N5/c15-13-11-12(9-7-8-9)18-19(14(11)17-16-13)10-5-3-1-2-4-6-10/h9-10H,1-8H2,(H3,15,16,17). The Hall–Kier alpha value is -1.52. The van der Waals surface area contributed by atoms with Gasteiger partial charge in [0.15, 0.2) is 5.65 Å². The Balaban J connectivity index is 1.80. The van der Waals surface area contributed by atoms with Gasteiger partial charge in [-0.25, -0.2) is 4.68 Å². The van der Waals surface area contributed by atoms with Crippen LogP contribution in [0.15, 0.2) is 0 Å². The van der Waals surface area contributed by atoms with Crippen molar-refractivity contribution in [3.63, 3.8) is 0 Å². The SMILES string of the molecule is Nc1[nH]nc2c1c(C1CC1)nn2C1CCCCCC1. The molecule has 4 rings (SSSR count). The monoisotopic (exact) mass is 259 g/mol. The first-order valence-electron chi connectivity index (χ1n) is 7.56. The van der Waals surface area contributed by atoms with Gasteiger partial charge in [-0.2, -0.15) is 10.2 Å². The summed E-state index contributed by atoms with van der Waals surface area (Å²) in [6, 6.07) is 0.514. The summed E-state index contributed by atoms with van der Waals surface area (Å²) in [6.07, 6.45) is 10.3. The fraction of sp³-hybridized carbons (Fsp3) is 0.714. The van der Waals surface area contributed by atoms with E-state index >= 15 is 0 Å². The van der Waals surface area contributed by atoms with Crippen molar-refractivity contribution in [1.82, 2.24) is 20.0 Å². The average molecular weight is 259 g/mol. The molecule has 0 amide bonds. The maximum Gasteiger partial charge on any atom is 0.182 e. The number of nitrogen functional groups attached to an aromatic ring is 1. The zero-order chi connectivity index (χ0) is 12.8. The van der Waals surface area contributed by atoms with Crippen molar-refractivity contribution < 1.29 is 0 Å². The molecule has 2 heterocycles. The van der Waals surface area contributed by atoms with Gasteiger partial charge in [-0.1, -0.05) is 25.7 Å². The van der Waals surface area contributed by atoms with Crippen molar-refractivity contribution in [3.8, 4) is 0 Å². The van der Waals surface area contributed by atoms with Crippen LogP contribution in [0.2, 0.25) is 0 Å². The number of aromatic nitrogens is 4. The van der Waals surface area contributed by atoms with Crippen molar-refractivity contribution in [2.24, 2.45) is 0 Å². The highest BCUT2D eigenvalue weighted by Gasteiger charge is 2.32. The number of rotatable bonds is 2. The number of nitrogens with two attached hydrogens (primary N) is 1. The van der Waals surface area contributed by atoms with Crippen LogP contribution < -0.4 is 5.73 Å². The Morgan fingerprint density at radius 2 is 1.79 bits per heavy atom. The molecule has 0 atom stereocenters. The smallest absolute Gasteiger partial charge is 0.182 e. The van der Waals surface area contributed by atoms with Crippen LogP contribution in [-0.4, -0.2) is 20.0 Å². The highest BCUT2D eigenvalue weighted by Crippen LogP contribution is 2.44. The Bertz CT molecular complexity index is 584. The van der Waals surface area contributed by atoms with E-state index in [0.29, 0.717) is 17.8 Å². The molecule has 5 heteroatoms. The number of hydrogen-bond acceptors (Lipinski definition) is 3. The van der Waals surface area contributed by atoms with Crippen LogP contribution in [0.5, 0.6) is 0 Å². The maximum absolute atomic E-state index is 6.04. The maximum atomic E-state index is 6.04. The van der Waals surface area contributed by atoms with E-state index < -0.39 is 0 Å². The van der Waals surface area contributed by atoms with Crippen LogP contribution in [0.1, 0.15) is 69.0 Å². The van der Waals surface area contributed by atoms with E-state index in [0.717, 1.165) is 11.0 Å². The molecule has 0 bridgehead atoms. The molecule has 0 radical (unpaired) electrons. The summed E-state index contributed by atoms with van der Waals surface area (Å²) in [7, 11) is 0. The average Bonchev–Trinajstić information content (AvgIpc) is 3.15. The lowest BCUT2D eigenvalue weighted by Gasteiger charge is -2.14. The first kappa shape index (κ1) is 11.3. The Labute approximate surface area is 112 Å². The summed E-state index contributed by atoms with van der Waals surface area (Å²) < 4.78 is 2.17. The van der Waals surface area contributed by atoms with Gasteiger partial charge in [0.2, 0.25) is 0 Å². The van der Waals surface area contributed by atoms with Crippen molar-refractivity contribution in [1.29, 1.82) is 0 Å². The van der Waals surface area contributed by atoms with Gasteiger partial charge in [-0.3, -0.25) is 5.10 Å². The molecule has 2 saturated carbocycles. The molecular weight excluding hydrogens is 238 g/mol. The minimum absolute atomic E-state index is 0.514. The second-order valence-corrected chi connectivity index (χ2v) is 6.09. The highest BCUT2D eigenvalue weighted by molar-refractivity contribution is 5.89. The summed E-state index contributed by atoms with van der Waals surface area (Å²) in [5.74, 6) is 1.31. The van der Waals surface area contributed by atoms with Gasteiger partial charge in [-0.05, 0) is 25.7 Å². The van der Waals surface area contributed by atoms with E-state index in [4.69, 9.17) is 10.8 Å². The van der Waals surface area contributed by atoms with Crippen LogP contribution in [0.4, 0.5) is 5.82 Å². The fourth-order valence-electron chi connectivity index (χ4n) is 3.38. The molecule has 5 nitrogen and oxygen atoms in total. The van der Waals surface area contributed by atoms with Crippen molar-refractivity contribution >= 4 is 16.9 Å². The summed E-state index contributed by atoms with van der Waals surface area (Å²) in [6.45, 7) is 0. The first-order valence-corrected chi connectivity index (χ1v) is 7.56. The van der Waals surface area contributed by atoms with E-state index in [-0.39, 0.29) is 0 Å². The summed E-state index contributed by atoms with van der Waals surface area (Å²) >= 11 is 0. The molecule has 2 aromatic rings. The van der Waals surface area contributed by atoms with Crippen LogP contribution in [-0.2, 0) is 0 Å². The number of hydrogen-bond donors (Lipinski definition) is 2. The van der Waals surface area contributed by atoms with E-state index in [1.165, 1.54) is 57.1 Å². The van der Waals surface area contributed by atoms with E-state index in [2.05, 4.69) is 14.9 Å². The van der Waals surface area contributed by atoms with Crippen molar-refractivity contribution in [2.75, 3.05) is 5.73 Å². The van der Waals surface area contributed by atoms with E-state index in [9.17, 15) is 0 Å². The van der Waals surface area contributed by atoms with Gasteiger partial charge < -0.3 is 5.73 Å². The number of nitrogens with zero attached hydrogens (tertiary/aromatic N) is 3. The molecule has 2 fully saturated rings. The topological polar surface area (TPSA) is 72.5 Å². The van der Waals surface area contributed by atoms with Crippen LogP contribution in [0, 0.1) is 0 Å². The predicted octanol–water partition coefficient (Wildman–Crippen LogP) is 3.11. The summed E-state index contributed by atoms with van der Waals surface area (Å²) in [4.78, 5) is 0. The fourth-order valence-corrected chi connectivity index (χ4v) is 3.38. The van der Waals surface area contributed by atoms with Crippen LogP contribution in [0.3, 0.4) is 0 Å². The third kappa shape index (κ3) is 1.83. The molecule has 0 aromatic carbocycles. The van der Waals surface area contributed by atoms with Crippen molar-refractivity contribution in [2.45, 2.75) is 63.3 Å². The zero-order valence-electron chi connectivity index (χ0n) is 11.2. The van der Waals surface area contributed by atoms with Gasteiger partial charge in [0, 0.05) is 5.92 Å². The number of H-pyrrole nitrogens is 1. The molecule has 2 aliphatic rings. The van der Waals surface area contributed by atoms with Gasteiger partial charge in [0.25, 0.3) is 0 Å². The number of aromatic amines is 1. The number of anilines is 1. The molecule has 3 N–H and O–H groups in total. The first-order chi connectivity index (χ1) is 9.34. The van der Waals surface area contributed by atoms with E-state index in [1.807, 2.05) is 0 Å². The van der Waals surface area contributed by atoms with Crippen molar-refractivity contribution in [3.05, 3.63) is 5.69 Å². The largest absolute Gasteiger partial charge is 0.383 e. The van der Waals surface area contributed by atoms with Gasteiger partial charge in [0.05, 0.1) is 17.1 Å². The second-order valence-electron chi connectivity index (χ2n) is 6.09. The number of nitrogens with one attached hydrogen (secondary N) is 1. The minimum atomic E-state index is 0.514. The summed E-state index contributed by atoms with van der Waals surface area (Å²) in [5.41, 5.74) is 8.21. The molecule has 0 unspecified atom stereocenters. The molecule has 2 aliphatic carbocycles. The highest BCUT2D eigenvalue weighted by atomic mass is 15.4. The van der Waals surface area contributed by atoms with Crippen LogP contribution in [0.25, 0.3) is 11.0 Å². The lowest BCUT2D eigenvalue weighted by Crippen LogP contribution is -2.10. The molecule has 102 valence electrons. The molecule has 2 aromatic heterocycles.